The molecule has 1 atom stereocenters. The summed E-state index contributed by atoms with van der Waals surface area (Å²) < 4.78 is 7.26. The number of imidazole rings is 1. The molecule has 0 aliphatic carbocycles. The minimum absolute atomic E-state index is 0.0322. The third kappa shape index (κ3) is 9.02. The first-order valence-corrected chi connectivity index (χ1v) is 12.5. The highest BCUT2D eigenvalue weighted by atomic mass is 16.5. The van der Waals surface area contributed by atoms with Crippen molar-refractivity contribution < 1.29 is 23.9 Å². The molecule has 1 unspecified atom stereocenters. The Balaban J connectivity index is 2.13. The summed E-state index contributed by atoms with van der Waals surface area (Å²) >= 11 is 0. The number of ether oxygens (including phenoxy) is 1. The monoisotopic (exact) mass is 528 g/mol. The van der Waals surface area contributed by atoms with Gasteiger partial charge in [0.2, 0.25) is 11.8 Å². The number of nitrogens with zero attached hydrogens (tertiary/aromatic N) is 3. The van der Waals surface area contributed by atoms with Gasteiger partial charge < -0.3 is 29.8 Å². The lowest BCUT2D eigenvalue weighted by Crippen LogP contribution is -2.45. The van der Waals surface area contributed by atoms with Crippen LogP contribution >= 0.6 is 0 Å². The number of aromatic nitrogens is 3. The van der Waals surface area contributed by atoms with Crippen LogP contribution < -0.4 is 21.5 Å². The van der Waals surface area contributed by atoms with Gasteiger partial charge in [0.1, 0.15) is 24.0 Å². The summed E-state index contributed by atoms with van der Waals surface area (Å²) in [5.41, 5.74) is -0.342. The first-order chi connectivity index (χ1) is 18.2. The van der Waals surface area contributed by atoms with Crippen LogP contribution in [0, 0.1) is 5.92 Å². The summed E-state index contributed by atoms with van der Waals surface area (Å²) in [4.78, 5) is 66.4. The third-order valence-corrected chi connectivity index (χ3v) is 6.08. The smallest absolute Gasteiger partial charge is 0.330 e. The number of nitrogens with one attached hydrogen (secondary N) is 3. The molecule has 0 fully saturated rings. The predicted molar refractivity (Wildman–Crippen MR) is 141 cm³/mol. The van der Waals surface area contributed by atoms with Gasteiger partial charge in [0.15, 0.2) is 0 Å². The molecule has 38 heavy (non-hydrogen) atoms. The molecule has 0 aromatic carbocycles. The molecule has 2 rings (SSSR count). The van der Waals surface area contributed by atoms with E-state index in [1.807, 2.05) is 0 Å². The summed E-state index contributed by atoms with van der Waals surface area (Å²) in [5.74, 6) is -1.64. The van der Waals surface area contributed by atoms with E-state index in [0.717, 1.165) is 12.8 Å². The van der Waals surface area contributed by atoms with Crippen molar-refractivity contribution in [3.05, 3.63) is 59.1 Å². The molecule has 3 N–H and O–H groups in total. The lowest BCUT2D eigenvalue weighted by atomic mass is 10.0. The number of anilines is 1. The molecule has 0 aliphatic rings. The molecule has 12 nitrogen and oxygen atoms in total. The Bertz CT molecular complexity index is 1200. The quantitative estimate of drug-likeness (QED) is 0.247. The fraction of sp³-hybridized carbons (Fsp3) is 0.462. The van der Waals surface area contributed by atoms with Crippen LogP contribution in [0.2, 0.25) is 0 Å². The fourth-order valence-electron chi connectivity index (χ4n) is 3.61. The maximum absolute atomic E-state index is 13.1. The first kappa shape index (κ1) is 30.0. The zero-order chi connectivity index (χ0) is 28.1. The molecule has 12 heteroatoms. The second kappa shape index (κ2) is 15.1. The molecular formula is C26H36N6O6. The molecule has 0 aliphatic heterocycles. The summed E-state index contributed by atoms with van der Waals surface area (Å²) in [6, 6.07) is 1.94. The lowest BCUT2D eigenvalue weighted by molar-refractivity contribution is -0.134. The van der Waals surface area contributed by atoms with Crippen LogP contribution in [0.15, 0.2) is 47.8 Å². The fourth-order valence-corrected chi connectivity index (χ4v) is 3.61. The number of aryl methyl sites for hydroxylation is 1. The number of carbonyl (C=O) groups is 4. The van der Waals surface area contributed by atoms with Crippen LogP contribution in [-0.4, -0.2) is 57.5 Å². The minimum Gasteiger partial charge on any atom is -0.466 e. The highest BCUT2D eigenvalue weighted by molar-refractivity contribution is 6.00. The van der Waals surface area contributed by atoms with Crippen molar-refractivity contribution in [2.24, 2.45) is 13.0 Å². The molecule has 0 spiro atoms. The second-order valence-electron chi connectivity index (χ2n) is 8.75. The van der Waals surface area contributed by atoms with Crippen molar-refractivity contribution in [2.75, 3.05) is 19.0 Å². The van der Waals surface area contributed by atoms with E-state index < -0.39 is 29.4 Å². The summed E-state index contributed by atoms with van der Waals surface area (Å²) in [7, 11) is 2.89. The van der Waals surface area contributed by atoms with Crippen LogP contribution in [0.5, 0.6) is 0 Å². The maximum atomic E-state index is 13.1. The number of hydrogen-bond acceptors (Lipinski definition) is 7. The van der Waals surface area contributed by atoms with Gasteiger partial charge in [-0.05, 0) is 30.9 Å². The Morgan fingerprint density at radius 3 is 2.55 bits per heavy atom. The van der Waals surface area contributed by atoms with E-state index in [2.05, 4.69) is 39.5 Å². The molecule has 0 saturated carbocycles. The van der Waals surface area contributed by atoms with Gasteiger partial charge in [0, 0.05) is 25.9 Å². The second-order valence-corrected chi connectivity index (χ2v) is 8.75. The normalized spacial score (nSPS) is 11.8. The zero-order valence-corrected chi connectivity index (χ0v) is 22.2. The van der Waals surface area contributed by atoms with Crippen molar-refractivity contribution in [1.82, 2.24) is 24.8 Å². The number of pyridine rings is 1. The van der Waals surface area contributed by atoms with Gasteiger partial charge in [-0.1, -0.05) is 32.8 Å². The molecule has 0 bridgehead atoms. The van der Waals surface area contributed by atoms with E-state index in [0.29, 0.717) is 12.5 Å². The van der Waals surface area contributed by atoms with Crippen LogP contribution in [0.3, 0.4) is 0 Å². The largest absolute Gasteiger partial charge is 0.466 e. The Morgan fingerprint density at radius 2 is 1.92 bits per heavy atom. The number of amides is 3. The van der Waals surface area contributed by atoms with Gasteiger partial charge in [-0.25, -0.2) is 9.78 Å². The maximum Gasteiger partial charge on any atom is 0.330 e. The number of allylic oxidation sites excluding steroid dienone is 1. The van der Waals surface area contributed by atoms with Crippen molar-refractivity contribution in [2.45, 2.75) is 52.1 Å². The van der Waals surface area contributed by atoms with Gasteiger partial charge in [-0.3, -0.25) is 19.2 Å². The Labute approximate surface area is 221 Å². The van der Waals surface area contributed by atoms with Gasteiger partial charge in [-0.2, -0.15) is 0 Å². The molecule has 3 amide bonds. The third-order valence-electron chi connectivity index (χ3n) is 6.08. The number of carbonyl (C=O) groups excluding carboxylic acids is 4. The molecule has 2 aromatic rings. The highest BCUT2D eigenvalue weighted by Gasteiger charge is 2.23. The average molecular weight is 529 g/mol. The van der Waals surface area contributed by atoms with E-state index in [9.17, 15) is 24.0 Å². The van der Waals surface area contributed by atoms with Crippen LogP contribution in [0.1, 0.15) is 50.0 Å². The molecule has 206 valence electrons. The van der Waals surface area contributed by atoms with Crippen molar-refractivity contribution in [1.29, 1.82) is 0 Å². The summed E-state index contributed by atoms with van der Waals surface area (Å²) in [5, 5.41) is 8.05. The van der Waals surface area contributed by atoms with E-state index in [1.165, 1.54) is 53.2 Å². The molecule has 2 heterocycles. The average Bonchev–Trinajstić information content (AvgIpc) is 3.34. The highest BCUT2D eigenvalue weighted by Crippen LogP contribution is 2.08. The number of esters is 1. The standard InChI is InChI=1S/C26H36N6O6/c1-5-18(6-2)14-28-22(33)16-32-13-9-11-20(26(32)37)30-24(35)19(10-7-8-12-23(34)38-4)29-25(36)21-15-27-17-31(21)3/h8-9,11-13,15,17-19H,5-7,10,14,16H2,1-4H3,(H,28,33)(H,29,36)(H,30,35)/b12-8+. The van der Waals surface area contributed by atoms with E-state index in [4.69, 9.17) is 0 Å². The van der Waals surface area contributed by atoms with Gasteiger partial charge in [0.25, 0.3) is 11.5 Å². The summed E-state index contributed by atoms with van der Waals surface area (Å²) in [6.07, 6.45) is 9.33. The van der Waals surface area contributed by atoms with Crippen molar-refractivity contribution in [3.63, 3.8) is 0 Å². The van der Waals surface area contributed by atoms with E-state index in [1.54, 1.807) is 13.1 Å². The molecular weight excluding hydrogens is 492 g/mol. The molecule has 0 saturated heterocycles. The zero-order valence-electron chi connectivity index (χ0n) is 22.2. The minimum atomic E-state index is -1.03. The molecule has 0 radical (unpaired) electrons. The van der Waals surface area contributed by atoms with Gasteiger partial charge >= 0.3 is 5.97 Å². The van der Waals surface area contributed by atoms with Crippen LogP contribution in [0.25, 0.3) is 0 Å². The van der Waals surface area contributed by atoms with E-state index >= 15 is 0 Å². The Hall–Kier alpha value is -4.22. The van der Waals surface area contributed by atoms with Crippen LogP contribution in [-0.2, 0) is 32.7 Å². The Kier molecular flexibility index (Phi) is 11.9. The topological polar surface area (TPSA) is 153 Å². The van der Waals surface area contributed by atoms with Crippen LogP contribution in [0.4, 0.5) is 5.69 Å². The van der Waals surface area contributed by atoms with E-state index in [-0.39, 0.29) is 36.7 Å². The Morgan fingerprint density at radius 1 is 1.18 bits per heavy atom. The molecule has 2 aromatic heterocycles. The SMILES string of the molecule is CCC(CC)CNC(=O)Cn1cccc(NC(=O)C(CC/C=C/C(=O)OC)NC(=O)c2cncn2C)c1=O. The summed E-state index contributed by atoms with van der Waals surface area (Å²) in [6.45, 7) is 4.44. The predicted octanol–water partition coefficient (Wildman–Crippen LogP) is 1.38. The number of rotatable bonds is 14. The van der Waals surface area contributed by atoms with Crippen molar-refractivity contribution >= 4 is 29.4 Å². The number of methoxy groups -OCH3 is 1. The lowest BCUT2D eigenvalue weighted by Gasteiger charge is -2.18. The van der Waals surface area contributed by atoms with Gasteiger partial charge in [0.05, 0.1) is 19.6 Å². The van der Waals surface area contributed by atoms with Crippen molar-refractivity contribution in [3.8, 4) is 0 Å². The first-order valence-electron chi connectivity index (χ1n) is 12.5. The van der Waals surface area contributed by atoms with Gasteiger partial charge in [-0.15, -0.1) is 0 Å². The number of hydrogen-bond donors (Lipinski definition) is 3.